The molecular weight excluding hydrogens is 326 g/mol. The molecule has 1 fully saturated rings. The number of thiazole rings is 1. The lowest BCUT2D eigenvalue weighted by Crippen LogP contribution is -2.44. The first-order valence-corrected chi connectivity index (χ1v) is 8.99. The Hall–Kier alpha value is -2.15. The van der Waals surface area contributed by atoms with Gasteiger partial charge in [-0.1, -0.05) is 23.5 Å². The quantitative estimate of drug-likeness (QED) is 0.923. The molecule has 0 saturated carbocycles. The summed E-state index contributed by atoms with van der Waals surface area (Å²) in [4.78, 5) is 30.5. The molecule has 1 unspecified atom stereocenters. The van der Waals surface area contributed by atoms with E-state index in [1.54, 1.807) is 11.8 Å². The number of hydrogen-bond acceptors (Lipinski definition) is 5. The molecule has 0 bridgehead atoms. The molecule has 1 N–H and O–H groups in total. The van der Waals surface area contributed by atoms with Crippen LogP contribution in [0.15, 0.2) is 18.2 Å². The third-order valence-corrected chi connectivity index (χ3v) is 5.11. The van der Waals surface area contributed by atoms with Crippen LogP contribution in [0, 0.1) is 12.8 Å². The summed E-state index contributed by atoms with van der Waals surface area (Å²) < 4.78 is 6.08. The fourth-order valence-electron chi connectivity index (χ4n) is 2.92. The molecule has 6 nitrogen and oxygen atoms in total. The highest BCUT2D eigenvalue weighted by atomic mass is 32.1. The van der Waals surface area contributed by atoms with Crippen molar-refractivity contribution in [1.29, 1.82) is 0 Å². The number of nitrogens with zero attached hydrogens (tertiary/aromatic N) is 2. The van der Waals surface area contributed by atoms with E-state index in [0.717, 1.165) is 28.6 Å². The second-order valence-corrected chi connectivity index (χ2v) is 6.94. The van der Waals surface area contributed by atoms with E-state index in [2.05, 4.69) is 10.3 Å². The van der Waals surface area contributed by atoms with Crippen LogP contribution in [0.25, 0.3) is 10.2 Å². The summed E-state index contributed by atoms with van der Waals surface area (Å²) in [6.07, 6.45) is 1.23. The van der Waals surface area contributed by atoms with E-state index in [1.165, 1.54) is 11.3 Å². The van der Waals surface area contributed by atoms with Crippen molar-refractivity contribution in [3.63, 3.8) is 0 Å². The van der Waals surface area contributed by atoms with Crippen molar-refractivity contribution < 1.29 is 14.3 Å². The summed E-state index contributed by atoms with van der Waals surface area (Å²) >= 11 is 1.47. The zero-order valence-corrected chi connectivity index (χ0v) is 14.7. The molecule has 0 radical (unpaired) electrons. The van der Waals surface area contributed by atoms with E-state index < -0.39 is 0 Å². The highest BCUT2D eigenvalue weighted by Crippen LogP contribution is 2.28. The summed E-state index contributed by atoms with van der Waals surface area (Å²) in [5, 5.41) is 3.52. The number of carbonyl (C=O) groups is 2. The number of anilines is 1. The number of nitrogens with one attached hydrogen (secondary N) is 1. The minimum atomic E-state index is -0.342. The number of aryl methyl sites for hydroxylation is 1. The standard InChI is InChI=1S/C17H21N3O3S/c1-3-23-17(22)20-9-5-7-12(10-20)15(21)19-16-18-14-11(2)6-4-8-13(14)24-16/h4,6,8,12H,3,5,7,9-10H2,1-2H3,(H,18,19,21). The molecule has 7 heteroatoms. The molecule has 3 rings (SSSR count). The van der Waals surface area contributed by atoms with Crippen molar-refractivity contribution in [2.45, 2.75) is 26.7 Å². The second-order valence-electron chi connectivity index (χ2n) is 5.91. The van der Waals surface area contributed by atoms with Crippen molar-refractivity contribution in [2.24, 2.45) is 5.92 Å². The normalized spacial score (nSPS) is 17.8. The Balaban J connectivity index is 1.67. The number of fused-ring (bicyclic) bond motifs is 1. The van der Waals surface area contributed by atoms with Gasteiger partial charge in [-0.25, -0.2) is 9.78 Å². The first-order chi connectivity index (χ1) is 11.6. The number of ether oxygens (including phenoxy) is 1. The van der Waals surface area contributed by atoms with Gasteiger partial charge >= 0.3 is 6.09 Å². The van der Waals surface area contributed by atoms with Gasteiger partial charge in [-0.05, 0) is 38.3 Å². The number of para-hydroxylation sites is 1. The maximum atomic E-state index is 12.5. The Labute approximate surface area is 144 Å². The number of likely N-dealkylation sites (tertiary alicyclic amines) is 1. The molecule has 128 valence electrons. The second kappa shape index (κ2) is 7.17. The van der Waals surface area contributed by atoms with Gasteiger partial charge in [0.05, 0.1) is 22.7 Å². The summed E-state index contributed by atoms with van der Waals surface area (Å²) in [6, 6.07) is 5.99. The van der Waals surface area contributed by atoms with E-state index in [0.29, 0.717) is 24.8 Å². The van der Waals surface area contributed by atoms with Crippen LogP contribution in [0.5, 0.6) is 0 Å². The monoisotopic (exact) mass is 347 g/mol. The van der Waals surface area contributed by atoms with Crippen LogP contribution in [-0.4, -0.2) is 41.6 Å². The lowest BCUT2D eigenvalue weighted by atomic mass is 9.97. The Kier molecular flexibility index (Phi) is 4.99. The lowest BCUT2D eigenvalue weighted by molar-refractivity contribution is -0.121. The molecule has 1 saturated heterocycles. The lowest BCUT2D eigenvalue weighted by Gasteiger charge is -2.30. The van der Waals surface area contributed by atoms with Gasteiger partial charge in [-0.3, -0.25) is 4.79 Å². The summed E-state index contributed by atoms with van der Waals surface area (Å²) in [6.45, 7) is 5.17. The van der Waals surface area contributed by atoms with E-state index in [9.17, 15) is 9.59 Å². The van der Waals surface area contributed by atoms with Crippen molar-refractivity contribution in [3.05, 3.63) is 23.8 Å². The van der Waals surface area contributed by atoms with E-state index in [4.69, 9.17) is 4.74 Å². The Morgan fingerprint density at radius 3 is 3.04 bits per heavy atom. The van der Waals surface area contributed by atoms with Gasteiger partial charge in [0.1, 0.15) is 0 Å². The topological polar surface area (TPSA) is 71.5 Å². The molecule has 2 aromatic rings. The van der Waals surface area contributed by atoms with E-state index in [-0.39, 0.29) is 17.9 Å². The third-order valence-electron chi connectivity index (χ3n) is 4.17. The molecule has 0 spiro atoms. The van der Waals surface area contributed by atoms with Gasteiger partial charge in [-0.2, -0.15) is 0 Å². The average molecular weight is 347 g/mol. The van der Waals surface area contributed by atoms with Gasteiger partial charge in [0, 0.05) is 13.1 Å². The zero-order chi connectivity index (χ0) is 17.1. The zero-order valence-electron chi connectivity index (χ0n) is 13.9. The molecule has 24 heavy (non-hydrogen) atoms. The number of carbonyl (C=O) groups excluding carboxylic acids is 2. The smallest absolute Gasteiger partial charge is 0.409 e. The maximum absolute atomic E-state index is 12.5. The summed E-state index contributed by atoms with van der Waals surface area (Å²) in [5.74, 6) is -0.308. The molecular formula is C17H21N3O3S. The van der Waals surface area contributed by atoms with Crippen LogP contribution in [0.3, 0.4) is 0 Å². The van der Waals surface area contributed by atoms with Gasteiger partial charge in [-0.15, -0.1) is 0 Å². The van der Waals surface area contributed by atoms with Gasteiger partial charge in [0.15, 0.2) is 5.13 Å². The van der Waals surface area contributed by atoms with Crippen LogP contribution >= 0.6 is 11.3 Å². The Bertz CT molecular complexity index is 759. The Morgan fingerprint density at radius 1 is 1.46 bits per heavy atom. The molecule has 1 aliphatic heterocycles. The van der Waals surface area contributed by atoms with Crippen LogP contribution in [-0.2, 0) is 9.53 Å². The van der Waals surface area contributed by atoms with Crippen LogP contribution in [0.4, 0.5) is 9.93 Å². The molecule has 2 heterocycles. The number of hydrogen-bond donors (Lipinski definition) is 1. The van der Waals surface area contributed by atoms with E-state index >= 15 is 0 Å². The van der Waals surface area contributed by atoms with Crippen molar-refractivity contribution in [3.8, 4) is 0 Å². The van der Waals surface area contributed by atoms with E-state index in [1.807, 2.05) is 25.1 Å². The largest absolute Gasteiger partial charge is 0.450 e. The highest BCUT2D eigenvalue weighted by molar-refractivity contribution is 7.22. The van der Waals surface area contributed by atoms with Crippen molar-refractivity contribution in [1.82, 2.24) is 9.88 Å². The highest BCUT2D eigenvalue weighted by Gasteiger charge is 2.29. The predicted octanol–water partition coefficient (Wildman–Crippen LogP) is 3.41. The molecule has 0 aliphatic carbocycles. The average Bonchev–Trinajstić information content (AvgIpc) is 2.99. The molecule has 1 aromatic carbocycles. The maximum Gasteiger partial charge on any atom is 0.409 e. The molecule has 1 aliphatic rings. The number of piperidine rings is 1. The minimum absolute atomic E-state index is 0.0827. The minimum Gasteiger partial charge on any atom is -0.450 e. The fraction of sp³-hybridized carbons (Fsp3) is 0.471. The number of amides is 2. The molecule has 2 amide bonds. The molecule has 1 aromatic heterocycles. The summed E-state index contributed by atoms with van der Waals surface area (Å²) in [7, 11) is 0. The first kappa shape index (κ1) is 16.7. The number of rotatable bonds is 3. The SMILES string of the molecule is CCOC(=O)N1CCCC(C(=O)Nc2nc3c(C)cccc3s2)C1. The predicted molar refractivity (Wildman–Crippen MR) is 94.3 cm³/mol. The van der Waals surface area contributed by atoms with Gasteiger partial charge in [0.2, 0.25) is 5.91 Å². The van der Waals surface area contributed by atoms with Crippen LogP contribution < -0.4 is 5.32 Å². The van der Waals surface area contributed by atoms with Gasteiger partial charge in [0.25, 0.3) is 0 Å². The first-order valence-electron chi connectivity index (χ1n) is 8.17. The van der Waals surface area contributed by atoms with Crippen LogP contribution in [0.2, 0.25) is 0 Å². The van der Waals surface area contributed by atoms with Crippen molar-refractivity contribution in [2.75, 3.05) is 25.0 Å². The fourth-order valence-corrected chi connectivity index (χ4v) is 3.87. The Morgan fingerprint density at radius 2 is 2.29 bits per heavy atom. The number of benzene rings is 1. The summed E-state index contributed by atoms with van der Waals surface area (Å²) in [5.41, 5.74) is 2.02. The number of aromatic nitrogens is 1. The van der Waals surface area contributed by atoms with Crippen molar-refractivity contribution >= 4 is 38.7 Å². The van der Waals surface area contributed by atoms with Gasteiger partial charge < -0.3 is 15.0 Å². The van der Waals surface area contributed by atoms with Crippen LogP contribution in [0.1, 0.15) is 25.3 Å². The molecule has 1 atom stereocenters. The third kappa shape index (κ3) is 3.51.